The van der Waals surface area contributed by atoms with E-state index in [0.717, 1.165) is 37.9 Å². The van der Waals surface area contributed by atoms with Gasteiger partial charge in [0, 0.05) is 35.8 Å². The molecule has 0 aliphatic carbocycles. The van der Waals surface area contributed by atoms with Crippen molar-refractivity contribution in [1.82, 2.24) is 9.88 Å². The first-order valence-corrected chi connectivity index (χ1v) is 8.91. The Morgan fingerprint density at radius 3 is 2.56 bits per heavy atom. The molecule has 2 aromatic carbocycles. The Labute approximate surface area is 148 Å². The molecule has 0 aliphatic rings. The van der Waals surface area contributed by atoms with Crippen LogP contribution < -0.4 is 5.32 Å². The van der Waals surface area contributed by atoms with Crippen molar-refractivity contribution in [2.75, 3.05) is 13.2 Å². The summed E-state index contributed by atoms with van der Waals surface area (Å²) in [5, 5.41) is 13.5. The van der Waals surface area contributed by atoms with E-state index in [2.05, 4.69) is 28.2 Å². The Balaban J connectivity index is 1.73. The van der Waals surface area contributed by atoms with Crippen molar-refractivity contribution < 1.29 is 9.50 Å². The third-order valence-electron chi connectivity index (χ3n) is 4.50. The standard InChI is InChI=1S/C21H25FN2O/c22-20-10-4-2-8-17(20)15-24-16-18(14-23-12-6-1-7-13-25)19-9-3-5-11-21(19)24/h2-5,8-11,16,23,25H,1,6-7,12-15H2. The normalized spacial score (nSPS) is 11.3. The number of aromatic nitrogens is 1. The lowest BCUT2D eigenvalue weighted by atomic mass is 10.1. The number of benzene rings is 2. The van der Waals surface area contributed by atoms with E-state index in [1.807, 2.05) is 24.3 Å². The van der Waals surface area contributed by atoms with Gasteiger partial charge in [0.2, 0.25) is 0 Å². The summed E-state index contributed by atoms with van der Waals surface area (Å²) in [6, 6.07) is 15.2. The molecular formula is C21H25FN2O. The van der Waals surface area contributed by atoms with Gasteiger partial charge in [0.1, 0.15) is 5.82 Å². The van der Waals surface area contributed by atoms with Crippen LogP contribution in [0.4, 0.5) is 4.39 Å². The van der Waals surface area contributed by atoms with Gasteiger partial charge in [-0.1, -0.05) is 36.4 Å². The molecule has 0 atom stereocenters. The smallest absolute Gasteiger partial charge is 0.128 e. The van der Waals surface area contributed by atoms with Crippen molar-refractivity contribution >= 4 is 10.9 Å². The van der Waals surface area contributed by atoms with Crippen LogP contribution in [0.15, 0.2) is 54.7 Å². The second-order valence-electron chi connectivity index (χ2n) is 6.35. The van der Waals surface area contributed by atoms with E-state index >= 15 is 0 Å². The number of fused-ring (bicyclic) bond motifs is 1. The van der Waals surface area contributed by atoms with Crippen molar-refractivity contribution in [1.29, 1.82) is 0 Å². The molecule has 3 nitrogen and oxygen atoms in total. The fourth-order valence-electron chi connectivity index (χ4n) is 3.17. The average molecular weight is 340 g/mol. The molecule has 25 heavy (non-hydrogen) atoms. The van der Waals surface area contributed by atoms with Crippen LogP contribution in [0.5, 0.6) is 0 Å². The minimum Gasteiger partial charge on any atom is -0.396 e. The quantitative estimate of drug-likeness (QED) is 0.576. The van der Waals surface area contributed by atoms with Crippen LogP contribution in [-0.2, 0) is 13.1 Å². The number of unbranched alkanes of at least 4 members (excludes halogenated alkanes) is 2. The van der Waals surface area contributed by atoms with Crippen molar-refractivity contribution in [3.8, 4) is 0 Å². The monoisotopic (exact) mass is 340 g/mol. The van der Waals surface area contributed by atoms with E-state index in [1.165, 1.54) is 17.0 Å². The zero-order chi connectivity index (χ0) is 17.5. The van der Waals surface area contributed by atoms with Crippen LogP contribution in [0, 0.1) is 5.82 Å². The Kier molecular flexibility index (Phi) is 6.20. The summed E-state index contributed by atoms with van der Waals surface area (Å²) in [4.78, 5) is 0. The second kappa shape index (κ2) is 8.79. The summed E-state index contributed by atoms with van der Waals surface area (Å²) in [7, 11) is 0. The molecule has 0 spiro atoms. The first kappa shape index (κ1) is 17.6. The van der Waals surface area contributed by atoms with Gasteiger partial charge in [0.05, 0.1) is 6.54 Å². The van der Waals surface area contributed by atoms with Crippen LogP contribution in [0.3, 0.4) is 0 Å². The number of para-hydroxylation sites is 1. The van der Waals surface area contributed by atoms with E-state index in [-0.39, 0.29) is 12.4 Å². The minimum absolute atomic E-state index is 0.163. The van der Waals surface area contributed by atoms with Gasteiger partial charge in [-0.2, -0.15) is 0 Å². The van der Waals surface area contributed by atoms with E-state index in [9.17, 15) is 4.39 Å². The average Bonchev–Trinajstić information content (AvgIpc) is 2.98. The van der Waals surface area contributed by atoms with E-state index in [4.69, 9.17) is 5.11 Å². The lowest BCUT2D eigenvalue weighted by Gasteiger charge is -2.06. The number of nitrogens with zero attached hydrogens (tertiary/aromatic N) is 1. The SMILES string of the molecule is OCCCCCNCc1cn(Cc2ccccc2F)c2ccccc12. The highest BCUT2D eigenvalue weighted by Crippen LogP contribution is 2.23. The van der Waals surface area contributed by atoms with Crippen molar-refractivity contribution in [3.63, 3.8) is 0 Å². The molecule has 0 saturated heterocycles. The van der Waals surface area contributed by atoms with Crippen molar-refractivity contribution in [2.45, 2.75) is 32.4 Å². The maximum atomic E-state index is 14.0. The summed E-state index contributed by atoms with van der Waals surface area (Å²) in [5.41, 5.74) is 3.06. The van der Waals surface area contributed by atoms with Crippen LogP contribution in [0.25, 0.3) is 10.9 Å². The molecule has 0 unspecified atom stereocenters. The highest BCUT2D eigenvalue weighted by molar-refractivity contribution is 5.84. The van der Waals surface area contributed by atoms with E-state index in [0.29, 0.717) is 12.1 Å². The highest BCUT2D eigenvalue weighted by Gasteiger charge is 2.09. The zero-order valence-electron chi connectivity index (χ0n) is 14.4. The predicted molar refractivity (Wildman–Crippen MR) is 100 cm³/mol. The number of rotatable bonds is 9. The van der Waals surface area contributed by atoms with Gasteiger partial charge in [0.15, 0.2) is 0 Å². The summed E-state index contributed by atoms with van der Waals surface area (Å²) < 4.78 is 16.1. The molecule has 1 heterocycles. The Morgan fingerprint density at radius 2 is 1.72 bits per heavy atom. The molecule has 2 N–H and O–H groups in total. The van der Waals surface area contributed by atoms with Gasteiger partial charge in [-0.05, 0) is 43.5 Å². The van der Waals surface area contributed by atoms with Crippen LogP contribution in [0.2, 0.25) is 0 Å². The number of nitrogens with one attached hydrogen (secondary N) is 1. The molecule has 0 radical (unpaired) electrons. The fraction of sp³-hybridized carbons (Fsp3) is 0.333. The molecule has 0 bridgehead atoms. The maximum absolute atomic E-state index is 14.0. The zero-order valence-corrected chi connectivity index (χ0v) is 14.4. The van der Waals surface area contributed by atoms with Gasteiger partial charge in [-0.25, -0.2) is 4.39 Å². The van der Waals surface area contributed by atoms with Crippen LogP contribution in [0.1, 0.15) is 30.4 Å². The largest absolute Gasteiger partial charge is 0.396 e. The molecule has 1 aromatic heterocycles. The molecule has 0 saturated carbocycles. The van der Waals surface area contributed by atoms with Gasteiger partial charge in [0.25, 0.3) is 0 Å². The first-order valence-electron chi connectivity index (χ1n) is 8.91. The topological polar surface area (TPSA) is 37.2 Å². The van der Waals surface area contributed by atoms with Gasteiger partial charge < -0.3 is 15.0 Å². The molecule has 132 valence electrons. The molecule has 3 aromatic rings. The van der Waals surface area contributed by atoms with Crippen molar-refractivity contribution in [2.24, 2.45) is 0 Å². The molecule has 0 fully saturated rings. The Bertz CT molecular complexity index is 813. The molecule has 0 amide bonds. The molecule has 3 rings (SSSR count). The minimum atomic E-state index is -0.163. The second-order valence-corrected chi connectivity index (χ2v) is 6.35. The Hall–Kier alpha value is -2.17. The number of halogens is 1. The summed E-state index contributed by atoms with van der Waals surface area (Å²) in [6.45, 7) is 2.53. The third-order valence-corrected chi connectivity index (χ3v) is 4.50. The lowest BCUT2D eigenvalue weighted by Crippen LogP contribution is -2.14. The number of aliphatic hydroxyl groups excluding tert-OH is 1. The van der Waals surface area contributed by atoms with E-state index < -0.39 is 0 Å². The van der Waals surface area contributed by atoms with Crippen LogP contribution >= 0.6 is 0 Å². The first-order chi connectivity index (χ1) is 12.3. The van der Waals surface area contributed by atoms with Crippen LogP contribution in [-0.4, -0.2) is 22.8 Å². The molecule has 0 aliphatic heterocycles. The number of hydrogen-bond acceptors (Lipinski definition) is 2. The summed E-state index contributed by atoms with van der Waals surface area (Å²) in [6.07, 6.45) is 5.09. The summed E-state index contributed by atoms with van der Waals surface area (Å²) >= 11 is 0. The third kappa shape index (κ3) is 4.47. The Morgan fingerprint density at radius 1 is 0.920 bits per heavy atom. The van der Waals surface area contributed by atoms with Crippen molar-refractivity contribution in [3.05, 3.63) is 71.7 Å². The predicted octanol–water partition coefficient (Wildman–Crippen LogP) is 4.08. The van der Waals surface area contributed by atoms with Gasteiger partial charge in [-0.15, -0.1) is 0 Å². The fourth-order valence-corrected chi connectivity index (χ4v) is 3.17. The maximum Gasteiger partial charge on any atom is 0.128 e. The number of aliphatic hydroxyl groups is 1. The molecular weight excluding hydrogens is 315 g/mol. The van der Waals surface area contributed by atoms with E-state index in [1.54, 1.807) is 6.07 Å². The number of hydrogen-bond donors (Lipinski definition) is 2. The summed E-state index contributed by atoms with van der Waals surface area (Å²) in [5.74, 6) is -0.163. The highest BCUT2D eigenvalue weighted by atomic mass is 19.1. The van der Waals surface area contributed by atoms with Gasteiger partial charge in [-0.3, -0.25) is 0 Å². The lowest BCUT2D eigenvalue weighted by molar-refractivity contribution is 0.283. The van der Waals surface area contributed by atoms with Gasteiger partial charge >= 0.3 is 0 Å². The molecule has 4 heteroatoms.